The molecule has 0 radical (unpaired) electrons. The zero-order valence-electron chi connectivity index (χ0n) is 12.6. The second-order valence-electron chi connectivity index (χ2n) is 5.09. The lowest BCUT2D eigenvalue weighted by atomic mass is 10.1. The van der Waals surface area contributed by atoms with E-state index in [1.165, 1.54) is 12.0 Å². The van der Waals surface area contributed by atoms with Gasteiger partial charge < -0.3 is 20.7 Å². The van der Waals surface area contributed by atoms with Gasteiger partial charge in [0.25, 0.3) is 0 Å². The second-order valence-corrected chi connectivity index (χ2v) is 5.09. The van der Waals surface area contributed by atoms with Crippen LogP contribution < -0.4 is 20.7 Å². The fourth-order valence-corrected chi connectivity index (χ4v) is 2.34. The minimum atomic E-state index is -0.520. The van der Waals surface area contributed by atoms with Gasteiger partial charge in [-0.3, -0.25) is 14.4 Å². The highest BCUT2D eigenvalue weighted by Crippen LogP contribution is 2.34. The van der Waals surface area contributed by atoms with Gasteiger partial charge in [-0.15, -0.1) is 0 Å². The highest BCUT2D eigenvalue weighted by molar-refractivity contribution is 6.04. The fourth-order valence-electron chi connectivity index (χ4n) is 2.34. The number of carbonyl (C=O) groups excluding carboxylic acids is 3. The van der Waals surface area contributed by atoms with Gasteiger partial charge in [0.2, 0.25) is 17.7 Å². The predicted molar refractivity (Wildman–Crippen MR) is 81.6 cm³/mol. The van der Waals surface area contributed by atoms with Crippen molar-refractivity contribution in [3.63, 3.8) is 0 Å². The number of primary amides is 1. The first-order valence-electron chi connectivity index (χ1n) is 7.03. The van der Waals surface area contributed by atoms with Gasteiger partial charge in [-0.25, -0.2) is 0 Å². The van der Waals surface area contributed by atoms with Crippen molar-refractivity contribution in [1.29, 1.82) is 0 Å². The molecular formula is C15H19N3O4. The van der Waals surface area contributed by atoms with E-state index in [-0.39, 0.29) is 24.8 Å². The maximum atomic E-state index is 12.2. The molecule has 1 aromatic carbocycles. The maximum Gasteiger partial charge on any atom is 0.227 e. The van der Waals surface area contributed by atoms with Crippen LogP contribution in [0.4, 0.5) is 11.4 Å². The van der Waals surface area contributed by atoms with Gasteiger partial charge in [-0.1, -0.05) is 6.92 Å². The number of nitrogens with two attached hydrogens (primary N) is 1. The number of nitrogens with zero attached hydrogens (tertiary/aromatic N) is 1. The molecule has 0 aromatic heterocycles. The topological polar surface area (TPSA) is 102 Å². The average Bonchev–Trinajstić information content (AvgIpc) is 2.89. The maximum absolute atomic E-state index is 12.2. The molecule has 1 aliphatic heterocycles. The van der Waals surface area contributed by atoms with Gasteiger partial charge >= 0.3 is 0 Å². The first-order chi connectivity index (χ1) is 10.5. The lowest BCUT2D eigenvalue weighted by Gasteiger charge is -2.21. The minimum Gasteiger partial charge on any atom is -0.497 e. The van der Waals surface area contributed by atoms with Gasteiger partial charge in [0, 0.05) is 25.5 Å². The Labute approximate surface area is 128 Å². The molecule has 1 atom stereocenters. The Bertz CT molecular complexity index is 615. The fraction of sp³-hybridized carbons (Fsp3) is 0.400. The van der Waals surface area contributed by atoms with Crippen LogP contribution >= 0.6 is 0 Å². The summed E-state index contributed by atoms with van der Waals surface area (Å²) in [6.07, 6.45) is 0.400. The van der Waals surface area contributed by atoms with Gasteiger partial charge in [0.1, 0.15) is 5.75 Å². The van der Waals surface area contributed by atoms with Gasteiger partial charge in [0.15, 0.2) is 0 Å². The number of ether oxygens (including phenoxy) is 1. The summed E-state index contributed by atoms with van der Waals surface area (Å²) in [5.74, 6) is -0.834. The number of amides is 3. The van der Waals surface area contributed by atoms with Crippen LogP contribution in [-0.2, 0) is 14.4 Å². The number of methoxy groups -OCH3 is 1. The van der Waals surface area contributed by atoms with E-state index in [9.17, 15) is 14.4 Å². The standard InChI is InChI=1S/C15H19N3O4/c1-3-13(19)17-11-5-4-10(22-2)7-12(11)18-8-9(15(16)21)6-14(18)20/h4-5,7,9H,3,6,8H2,1-2H3,(H2,16,21)(H,17,19). The molecule has 7 heteroatoms. The normalized spacial score (nSPS) is 17.5. The molecule has 3 N–H and O–H groups in total. The van der Waals surface area contributed by atoms with E-state index in [0.29, 0.717) is 23.5 Å². The van der Waals surface area contributed by atoms with Crippen LogP contribution in [0, 0.1) is 5.92 Å². The molecule has 22 heavy (non-hydrogen) atoms. The van der Waals surface area contributed by atoms with Crippen molar-refractivity contribution < 1.29 is 19.1 Å². The third-order valence-corrected chi connectivity index (χ3v) is 3.62. The first kappa shape index (κ1) is 15.8. The van der Waals surface area contributed by atoms with E-state index in [1.54, 1.807) is 25.1 Å². The number of rotatable bonds is 5. The monoisotopic (exact) mass is 305 g/mol. The molecule has 1 heterocycles. The first-order valence-corrected chi connectivity index (χ1v) is 7.03. The smallest absolute Gasteiger partial charge is 0.227 e. The van der Waals surface area contributed by atoms with Crippen LogP contribution in [0.1, 0.15) is 19.8 Å². The summed E-state index contributed by atoms with van der Waals surface area (Å²) in [6.45, 7) is 1.94. The zero-order chi connectivity index (χ0) is 16.3. The van der Waals surface area contributed by atoms with Gasteiger partial charge in [-0.05, 0) is 12.1 Å². The Morgan fingerprint density at radius 3 is 2.73 bits per heavy atom. The van der Waals surface area contributed by atoms with E-state index < -0.39 is 11.8 Å². The van der Waals surface area contributed by atoms with E-state index in [1.807, 2.05) is 0 Å². The molecule has 1 fully saturated rings. The summed E-state index contributed by atoms with van der Waals surface area (Å²) in [4.78, 5) is 36.6. The molecule has 1 aromatic rings. The van der Waals surface area contributed by atoms with Crippen LogP contribution in [0.5, 0.6) is 5.75 Å². The van der Waals surface area contributed by atoms with Crippen LogP contribution in [0.2, 0.25) is 0 Å². The number of hydrogen-bond acceptors (Lipinski definition) is 4. The Morgan fingerprint density at radius 2 is 2.18 bits per heavy atom. The van der Waals surface area contributed by atoms with Crippen molar-refractivity contribution in [1.82, 2.24) is 0 Å². The summed E-state index contributed by atoms with van der Waals surface area (Å²) < 4.78 is 5.17. The van der Waals surface area contributed by atoms with E-state index >= 15 is 0 Å². The van der Waals surface area contributed by atoms with Crippen molar-refractivity contribution in [2.45, 2.75) is 19.8 Å². The van der Waals surface area contributed by atoms with Crippen molar-refractivity contribution in [3.05, 3.63) is 18.2 Å². The van der Waals surface area contributed by atoms with Crippen LogP contribution in [-0.4, -0.2) is 31.4 Å². The van der Waals surface area contributed by atoms with Crippen molar-refractivity contribution in [2.75, 3.05) is 23.9 Å². The lowest BCUT2D eigenvalue weighted by molar-refractivity contribution is -0.123. The Kier molecular flexibility index (Phi) is 4.65. The molecule has 0 saturated carbocycles. The molecule has 1 unspecified atom stereocenters. The number of carbonyl (C=O) groups is 3. The largest absolute Gasteiger partial charge is 0.497 e. The summed E-state index contributed by atoms with van der Waals surface area (Å²) >= 11 is 0. The Morgan fingerprint density at radius 1 is 1.45 bits per heavy atom. The molecule has 7 nitrogen and oxygen atoms in total. The molecule has 1 aliphatic rings. The number of hydrogen-bond donors (Lipinski definition) is 2. The van der Waals surface area contributed by atoms with Gasteiger partial charge in [0.05, 0.1) is 24.4 Å². The molecule has 0 spiro atoms. The Hall–Kier alpha value is -2.57. The Balaban J connectivity index is 2.36. The molecule has 118 valence electrons. The zero-order valence-corrected chi connectivity index (χ0v) is 12.6. The molecule has 1 saturated heterocycles. The van der Waals surface area contributed by atoms with Crippen molar-refractivity contribution in [2.24, 2.45) is 11.7 Å². The highest BCUT2D eigenvalue weighted by Gasteiger charge is 2.35. The van der Waals surface area contributed by atoms with Crippen molar-refractivity contribution >= 4 is 29.1 Å². The quantitative estimate of drug-likeness (QED) is 0.843. The molecule has 0 bridgehead atoms. The summed E-state index contributed by atoms with van der Waals surface area (Å²) in [7, 11) is 1.52. The van der Waals surface area contributed by atoms with Crippen molar-refractivity contribution in [3.8, 4) is 5.75 Å². The minimum absolute atomic E-state index is 0.0771. The molecule has 0 aliphatic carbocycles. The van der Waals surface area contributed by atoms with Crippen LogP contribution in [0.3, 0.4) is 0 Å². The molecule has 2 rings (SSSR count). The highest BCUT2D eigenvalue weighted by atomic mass is 16.5. The third-order valence-electron chi connectivity index (χ3n) is 3.62. The predicted octanol–water partition coefficient (Wildman–Crippen LogP) is 0.882. The summed E-state index contributed by atoms with van der Waals surface area (Å²) in [5, 5.41) is 2.75. The second kappa shape index (κ2) is 6.46. The average molecular weight is 305 g/mol. The molecular weight excluding hydrogens is 286 g/mol. The summed E-state index contributed by atoms with van der Waals surface area (Å²) in [5.41, 5.74) is 6.30. The van der Waals surface area contributed by atoms with E-state index in [4.69, 9.17) is 10.5 Å². The number of benzene rings is 1. The van der Waals surface area contributed by atoms with E-state index in [0.717, 1.165) is 0 Å². The third kappa shape index (κ3) is 3.19. The van der Waals surface area contributed by atoms with E-state index in [2.05, 4.69) is 5.32 Å². The number of nitrogens with one attached hydrogen (secondary N) is 1. The van der Waals surface area contributed by atoms with Crippen LogP contribution in [0.25, 0.3) is 0 Å². The molecule has 3 amide bonds. The SMILES string of the molecule is CCC(=O)Nc1ccc(OC)cc1N1CC(C(N)=O)CC1=O. The summed E-state index contributed by atoms with van der Waals surface area (Å²) in [6, 6.07) is 5.03. The van der Waals surface area contributed by atoms with Gasteiger partial charge in [-0.2, -0.15) is 0 Å². The lowest BCUT2D eigenvalue weighted by Crippen LogP contribution is -2.29. The van der Waals surface area contributed by atoms with Crippen LogP contribution in [0.15, 0.2) is 18.2 Å². The number of anilines is 2.